The van der Waals surface area contributed by atoms with Crippen molar-refractivity contribution in [2.24, 2.45) is 11.8 Å². The standard InChI is InChI=1S/C27H34F3N3O2/c28-27(29,30)35-25-8-4-7-24(18-25)33-15-11-22(12-16-33)19-31-26(34)17-21-9-13-32(14-10-21)20-23-5-2-1-3-6-23/h1-8,18,21-22H,9-17,19-20H2,(H,31,34). The van der Waals surface area contributed by atoms with Gasteiger partial charge < -0.3 is 15.0 Å². The number of nitrogens with zero attached hydrogens (tertiary/aromatic N) is 2. The summed E-state index contributed by atoms with van der Waals surface area (Å²) in [5.41, 5.74) is 2.06. The number of ether oxygens (including phenoxy) is 1. The summed E-state index contributed by atoms with van der Waals surface area (Å²) in [6, 6.07) is 16.6. The van der Waals surface area contributed by atoms with Crippen LogP contribution in [-0.2, 0) is 11.3 Å². The Bertz CT molecular complexity index is 938. The van der Waals surface area contributed by atoms with Crippen molar-refractivity contribution in [2.45, 2.75) is 45.0 Å². The van der Waals surface area contributed by atoms with Crippen LogP contribution in [0.25, 0.3) is 0 Å². The normalized spacial score (nSPS) is 18.4. The minimum atomic E-state index is -4.69. The molecule has 0 bridgehead atoms. The molecule has 8 heteroatoms. The third-order valence-electron chi connectivity index (χ3n) is 7.05. The molecule has 0 radical (unpaired) electrons. The van der Waals surface area contributed by atoms with E-state index in [1.165, 1.54) is 17.7 Å². The first-order valence-electron chi connectivity index (χ1n) is 12.5. The Morgan fingerprint density at radius 3 is 2.29 bits per heavy atom. The monoisotopic (exact) mass is 489 g/mol. The molecule has 2 aromatic rings. The van der Waals surface area contributed by atoms with Gasteiger partial charge in [0.1, 0.15) is 5.75 Å². The number of hydrogen-bond acceptors (Lipinski definition) is 4. The summed E-state index contributed by atoms with van der Waals surface area (Å²) in [5.74, 6) is 0.758. The Morgan fingerprint density at radius 1 is 0.914 bits per heavy atom. The van der Waals surface area contributed by atoms with Crippen molar-refractivity contribution < 1.29 is 22.7 Å². The highest BCUT2D eigenvalue weighted by Crippen LogP contribution is 2.29. The number of carbonyl (C=O) groups is 1. The van der Waals surface area contributed by atoms with Gasteiger partial charge in [0.2, 0.25) is 5.91 Å². The topological polar surface area (TPSA) is 44.8 Å². The smallest absolute Gasteiger partial charge is 0.406 e. The fraction of sp³-hybridized carbons (Fsp3) is 0.519. The van der Waals surface area contributed by atoms with Gasteiger partial charge in [-0.1, -0.05) is 36.4 Å². The number of piperidine rings is 2. The number of alkyl halides is 3. The molecule has 2 aliphatic rings. The SMILES string of the molecule is O=C(CC1CCN(Cc2ccccc2)CC1)NCC1CCN(c2cccc(OC(F)(F)F)c2)CC1. The van der Waals surface area contributed by atoms with E-state index >= 15 is 0 Å². The molecule has 0 spiro atoms. The predicted octanol–water partition coefficient (Wildman–Crippen LogP) is 5.22. The van der Waals surface area contributed by atoms with Crippen LogP contribution in [-0.4, -0.2) is 49.9 Å². The molecule has 190 valence electrons. The number of amides is 1. The van der Waals surface area contributed by atoms with Crippen molar-refractivity contribution >= 4 is 11.6 Å². The Morgan fingerprint density at radius 2 is 1.60 bits per heavy atom. The summed E-state index contributed by atoms with van der Waals surface area (Å²) in [5, 5.41) is 3.12. The Hall–Kier alpha value is -2.74. The fourth-order valence-corrected chi connectivity index (χ4v) is 5.06. The second-order valence-electron chi connectivity index (χ2n) is 9.69. The molecule has 2 heterocycles. The molecule has 2 saturated heterocycles. The zero-order valence-corrected chi connectivity index (χ0v) is 20.0. The lowest BCUT2D eigenvalue weighted by Gasteiger charge is -2.34. The lowest BCUT2D eigenvalue weighted by molar-refractivity contribution is -0.274. The van der Waals surface area contributed by atoms with Crippen LogP contribution in [0.1, 0.15) is 37.7 Å². The maximum absolute atomic E-state index is 12.5. The van der Waals surface area contributed by atoms with Crippen molar-refractivity contribution in [1.82, 2.24) is 10.2 Å². The van der Waals surface area contributed by atoms with Crippen LogP contribution in [0, 0.1) is 11.8 Å². The minimum absolute atomic E-state index is 0.130. The van der Waals surface area contributed by atoms with E-state index in [0.717, 1.165) is 64.1 Å². The lowest BCUT2D eigenvalue weighted by atomic mass is 9.92. The first-order valence-corrected chi connectivity index (χ1v) is 12.5. The van der Waals surface area contributed by atoms with Gasteiger partial charge in [0.15, 0.2) is 0 Å². The predicted molar refractivity (Wildman–Crippen MR) is 130 cm³/mol. The van der Waals surface area contributed by atoms with Gasteiger partial charge in [-0.3, -0.25) is 9.69 Å². The van der Waals surface area contributed by atoms with E-state index < -0.39 is 6.36 Å². The second kappa shape index (κ2) is 11.8. The zero-order valence-electron chi connectivity index (χ0n) is 20.0. The number of rotatable bonds is 8. The van der Waals surface area contributed by atoms with Crippen LogP contribution in [0.4, 0.5) is 18.9 Å². The van der Waals surface area contributed by atoms with Crippen LogP contribution in [0.5, 0.6) is 5.75 Å². The summed E-state index contributed by atoms with van der Waals surface area (Å²) in [6.07, 6.45) is -0.219. The summed E-state index contributed by atoms with van der Waals surface area (Å²) < 4.78 is 41.5. The first kappa shape index (κ1) is 25.4. The maximum atomic E-state index is 12.5. The molecule has 2 aliphatic heterocycles. The van der Waals surface area contributed by atoms with Gasteiger partial charge in [-0.15, -0.1) is 13.2 Å². The molecular weight excluding hydrogens is 455 g/mol. The van der Waals surface area contributed by atoms with Gasteiger partial charge in [-0.2, -0.15) is 0 Å². The Balaban J connectivity index is 1.13. The third-order valence-corrected chi connectivity index (χ3v) is 7.05. The highest BCUT2D eigenvalue weighted by Gasteiger charge is 2.31. The fourth-order valence-electron chi connectivity index (χ4n) is 5.06. The van der Waals surface area contributed by atoms with E-state index in [1.54, 1.807) is 12.1 Å². The van der Waals surface area contributed by atoms with Crippen molar-refractivity contribution in [3.05, 3.63) is 60.2 Å². The average molecular weight is 490 g/mol. The van der Waals surface area contributed by atoms with E-state index in [0.29, 0.717) is 24.8 Å². The largest absolute Gasteiger partial charge is 0.573 e. The molecule has 2 fully saturated rings. The van der Waals surface area contributed by atoms with E-state index in [4.69, 9.17) is 0 Å². The molecule has 0 atom stereocenters. The zero-order chi connectivity index (χ0) is 24.7. The molecule has 2 aromatic carbocycles. The summed E-state index contributed by atoms with van der Waals surface area (Å²) in [4.78, 5) is 17.1. The molecule has 35 heavy (non-hydrogen) atoms. The average Bonchev–Trinajstić information content (AvgIpc) is 2.84. The van der Waals surface area contributed by atoms with Gasteiger partial charge in [-0.25, -0.2) is 0 Å². The van der Waals surface area contributed by atoms with E-state index in [9.17, 15) is 18.0 Å². The van der Waals surface area contributed by atoms with Crippen molar-refractivity contribution in [2.75, 3.05) is 37.6 Å². The molecule has 5 nitrogen and oxygen atoms in total. The molecule has 0 saturated carbocycles. The summed E-state index contributed by atoms with van der Waals surface area (Å²) >= 11 is 0. The van der Waals surface area contributed by atoms with Crippen molar-refractivity contribution in [1.29, 1.82) is 0 Å². The second-order valence-corrected chi connectivity index (χ2v) is 9.69. The number of hydrogen-bond donors (Lipinski definition) is 1. The number of anilines is 1. The van der Waals surface area contributed by atoms with Crippen molar-refractivity contribution in [3.63, 3.8) is 0 Å². The van der Waals surface area contributed by atoms with E-state index in [2.05, 4.69) is 44.1 Å². The van der Waals surface area contributed by atoms with Crippen LogP contribution in [0.3, 0.4) is 0 Å². The lowest BCUT2D eigenvalue weighted by Crippen LogP contribution is -2.39. The van der Waals surface area contributed by atoms with E-state index in [-0.39, 0.29) is 11.7 Å². The van der Waals surface area contributed by atoms with Crippen LogP contribution < -0.4 is 15.0 Å². The van der Waals surface area contributed by atoms with Crippen LogP contribution in [0.2, 0.25) is 0 Å². The summed E-state index contributed by atoms with van der Waals surface area (Å²) in [6.45, 7) is 5.18. The van der Waals surface area contributed by atoms with Gasteiger partial charge in [0.25, 0.3) is 0 Å². The van der Waals surface area contributed by atoms with Gasteiger partial charge >= 0.3 is 6.36 Å². The molecule has 0 aromatic heterocycles. The van der Waals surface area contributed by atoms with Crippen LogP contribution in [0.15, 0.2) is 54.6 Å². The summed E-state index contributed by atoms with van der Waals surface area (Å²) in [7, 11) is 0. The Labute approximate surface area is 205 Å². The van der Waals surface area contributed by atoms with E-state index in [1.807, 2.05) is 6.07 Å². The highest BCUT2D eigenvalue weighted by atomic mass is 19.4. The number of nitrogens with one attached hydrogen (secondary N) is 1. The molecule has 1 N–H and O–H groups in total. The molecule has 0 aliphatic carbocycles. The van der Waals surface area contributed by atoms with Crippen molar-refractivity contribution in [3.8, 4) is 5.75 Å². The number of halogens is 3. The maximum Gasteiger partial charge on any atom is 0.573 e. The van der Waals surface area contributed by atoms with Gasteiger partial charge in [0, 0.05) is 44.4 Å². The number of benzene rings is 2. The molecular formula is C27H34F3N3O2. The quantitative estimate of drug-likeness (QED) is 0.552. The minimum Gasteiger partial charge on any atom is -0.406 e. The van der Waals surface area contributed by atoms with Gasteiger partial charge in [0.05, 0.1) is 0 Å². The van der Waals surface area contributed by atoms with Crippen LogP contribution >= 0.6 is 0 Å². The Kier molecular flexibility index (Phi) is 8.55. The molecule has 0 unspecified atom stereocenters. The van der Waals surface area contributed by atoms with Gasteiger partial charge in [-0.05, 0) is 68.3 Å². The molecule has 4 rings (SSSR count). The molecule has 1 amide bonds. The highest BCUT2D eigenvalue weighted by molar-refractivity contribution is 5.76. The number of carbonyl (C=O) groups excluding carboxylic acids is 1. The first-order chi connectivity index (χ1) is 16.8. The number of likely N-dealkylation sites (tertiary alicyclic amines) is 1. The third kappa shape index (κ3) is 8.16.